The molecule has 2 heterocycles. The molecule has 0 aromatic carbocycles. The first-order chi connectivity index (χ1) is 7.79. The monoisotopic (exact) mass is 214 g/mol. The van der Waals surface area contributed by atoms with Gasteiger partial charge in [-0.25, -0.2) is 0 Å². The van der Waals surface area contributed by atoms with E-state index in [0.717, 1.165) is 16.6 Å². The molecule has 0 aliphatic carbocycles. The van der Waals surface area contributed by atoms with Gasteiger partial charge in [-0.15, -0.1) is 0 Å². The number of esters is 1. The highest BCUT2D eigenvalue weighted by molar-refractivity contribution is 5.76. The second-order valence-corrected chi connectivity index (χ2v) is 3.19. The Morgan fingerprint density at radius 2 is 2.50 bits per heavy atom. The van der Waals surface area contributed by atoms with E-state index in [1.807, 2.05) is 18.3 Å². The topological polar surface area (TPSA) is 55.0 Å². The van der Waals surface area contributed by atoms with Gasteiger partial charge in [0.2, 0.25) is 0 Å². The molecule has 0 spiro atoms. The Bertz CT molecular complexity index is 575. The molecule has 0 unspecified atom stereocenters. The Balaban J connectivity index is 2.17. The summed E-state index contributed by atoms with van der Waals surface area (Å²) in [7, 11) is 1.34. The SMILES string of the molecule is COC(=O)CC#Cc1cnc2cc[nH]c2c1. The lowest BCUT2D eigenvalue weighted by molar-refractivity contribution is -0.139. The van der Waals surface area contributed by atoms with E-state index in [0.29, 0.717) is 0 Å². The quantitative estimate of drug-likeness (QED) is 0.577. The van der Waals surface area contributed by atoms with Gasteiger partial charge in [0.05, 0.1) is 18.1 Å². The number of carbonyl (C=O) groups is 1. The summed E-state index contributed by atoms with van der Waals surface area (Å²) < 4.78 is 4.48. The summed E-state index contributed by atoms with van der Waals surface area (Å²) in [4.78, 5) is 18.1. The molecular formula is C12H10N2O2. The molecule has 1 N–H and O–H groups in total. The number of hydrogen-bond donors (Lipinski definition) is 1. The van der Waals surface area contributed by atoms with Crippen molar-refractivity contribution in [1.29, 1.82) is 0 Å². The molecule has 0 amide bonds. The molecule has 0 atom stereocenters. The van der Waals surface area contributed by atoms with Crippen molar-refractivity contribution in [2.24, 2.45) is 0 Å². The Hall–Kier alpha value is -2.28. The van der Waals surface area contributed by atoms with Crippen LogP contribution in [0.15, 0.2) is 24.5 Å². The predicted molar refractivity (Wildman–Crippen MR) is 59.6 cm³/mol. The predicted octanol–water partition coefficient (Wildman–Crippen LogP) is 1.48. The summed E-state index contributed by atoms with van der Waals surface area (Å²) in [5, 5.41) is 0. The zero-order chi connectivity index (χ0) is 11.4. The Labute approximate surface area is 92.6 Å². The molecule has 0 fully saturated rings. The van der Waals surface area contributed by atoms with Gasteiger partial charge in [0.25, 0.3) is 0 Å². The number of fused-ring (bicyclic) bond motifs is 1. The minimum atomic E-state index is -0.332. The summed E-state index contributed by atoms with van der Waals surface area (Å²) in [6.07, 6.45) is 3.60. The van der Waals surface area contributed by atoms with Crippen LogP contribution in [0.2, 0.25) is 0 Å². The number of carbonyl (C=O) groups excluding carboxylic acids is 1. The van der Waals surface area contributed by atoms with E-state index in [-0.39, 0.29) is 12.4 Å². The first-order valence-electron chi connectivity index (χ1n) is 4.78. The number of aromatic nitrogens is 2. The highest BCUT2D eigenvalue weighted by Gasteiger charge is 1.96. The molecule has 0 bridgehead atoms. The molecule has 0 aliphatic heterocycles. The number of pyridine rings is 1. The Morgan fingerprint density at radius 3 is 3.31 bits per heavy atom. The standard InChI is InChI=1S/C12H10N2O2/c1-16-12(15)4-2-3-9-7-11-10(14-8-9)5-6-13-11/h5-8,13H,4H2,1H3. The fraction of sp³-hybridized carbons (Fsp3) is 0.167. The molecule has 0 aliphatic rings. The molecule has 16 heavy (non-hydrogen) atoms. The van der Waals surface area contributed by atoms with Gasteiger partial charge in [-0.2, -0.15) is 0 Å². The van der Waals surface area contributed by atoms with Gasteiger partial charge >= 0.3 is 5.97 Å². The minimum absolute atomic E-state index is 0.0965. The maximum absolute atomic E-state index is 10.8. The van der Waals surface area contributed by atoms with Crippen LogP contribution in [-0.2, 0) is 9.53 Å². The summed E-state index contributed by atoms with van der Waals surface area (Å²) in [5.74, 6) is 5.26. The summed E-state index contributed by atoms with van der Waals surface area (Å²) >= 11 is 0. The van der Waals surface area contributed by atoms with E-state index in [1.54, 1.807) is 6.20 Å². The number of aromatic amines is 1. The van der Waals surface area contributed by atoms with Gasteiger partial charge in [0.15, 0.2) is 0 Å². The van der Waals surface area contributed by atoms with Gasteiger partial charge in [0, 0.05) is 18.0 Å². The van der Waals surface area contributed by atoms with Crippen LogP contribution in [0.3, 0.4) is 0 Å². The zero-order valence-electron chi connectivity index (χ0n) is 8.78. The van der Waals surface area contributed by atoms with Crippen LogP contribution in [-0.4, -0.2) is 23.0 Å². The zero-order valence-corrected chi connectivity index (χ0v) is 8.78. The molecule has 80 valence electrons. The maximum Gasteiger partial charge on any atom is 0.317 e. The number of hydrogen-bond acceptors (Lipinski definition) is 3. The van der Waals surface area contributed by atoms with Crippen LogP contribution in [0.5, 0.6) is 0 Å². The highest BCUT2D eigenvalue weighted by atomic mass is 16.5. The van der Waals surface area contributed by atoms with Crippen molar-refractivity contribution in [2.75, 3.05) is 7.11 Å². The van der Waals surface area contributed by atoms with Gasteiger partial charge in [0.1, 0.15) is 6.42 Å². The van der Waals surface area contributed by atoms with E-state index in [1.165, 1.54) is 7.11 Å². The van der Waals surface area contributed by atoms with Crippen LogP contribution < -0.4 is 0 Å². The van der Waals surface area contributed by atoms with Gasteiger partial charge < -0.3 is 9.72 Å². The van der Waals surface area contributed by atoms with E-state index in [4.69, 9.17) is 0 Å². The van der Waals surface area contributed by atoms with Gasteiger partial charge in [-0.1, -0.05) is 11.8 Å². The fourth-order valence-corrected chi connectivity index (χ4v) is 1.29. The Kier molecular flexibility index (Phi) is 2.88. The van der Waals surface area contributed by atoms with Crippen molar-refractivity contribution in [3.8, 4) is 11.8 Å². The lowest BCUT2D eigenvalue weighted by Gasteiger charge is -1.91. The van der Waals surface area contributed by atoms with Crippen LogP contribution in [0.4, 0.5) is 0 Å². The number of rotatable bonds is 1. The van der Waals surface area contributed by atoms with Crippen LogP contribution in [0.1, 0.15) is 12.0 Å². The molecular weight excluding hydrogens is 204 g/mol. The van der Waals surface area contributed by atoms with E-state index < -0.39 is 0 Å². The van der Waals surface area contributed by atoms with Crippen LogP contribution >= 0.6 is 0 Å². The van der Waals surface area contributed by atoms with Gasteiger partial charge in [-0.3, -0.25) is 9.78 Å². The first kappa shape index (κ1) is 10.2. The molecule has 0 saturated heterocycles. The van der Waals surface area contributed by atoms with Crippen molar-refractivity contribution in [1.82, 2.24) is 9.97 Å². The van der Waals surface area contributed by atoms with Gasteiger partial charge in [-0.05, 0) is 12.1 Å². The average molecular weight is 214 g/mol. The van der Waals surface area contributed by atoms with Crippen molar-refractivity contribution >= 4 is 17.0 Å². The largest absolute Gasteiger partial charge is 0.468 e. The van der Waals surface area contributed by atoms with E-state index in [9.17, 15) is 4.79 Å². The number of ether oxygens (including phenoxy) is 1. The lowest BCUT2D eigenvalue weighted by atomic mass is 10.2. The Morgan fingerprint density at radius 1 is 1.62 bits per heavy atom. The number of H-pyrrole nitrogens is 1. The molecule has 4 nitrogen and oxygen atoms in total. The lowest BCUT2D eigenvalue weighted by Crippen LogP contribution is -1.97. The molecule has 0 radical (unpaired) electrons. The van der Waals surface area contributed by atoms with E-state index in [2.05, 4.69) is 26.5 Å². The second kappa shape index (κ2) is 4.49. The minimum Gasteiger partial charge on any atom is -0.468 e. The first-order valence-corrected chi connectivity index (χ1v) is 4.78. The van der Waals surface area contributed by atoms with Crippen molar-refractivity contribution < 1.29 is 9.53 Å². The highest BCUT2D eigenvalue weighted by Crippen LogP contribution is 2.09. The summed E-state index contributed by atoms with van der Waals surface area (Å²) in [6, 6.07) is 3.79. The molecule has 2 aromatic rings. The molecule has 0 saturated carbocycles. The van der Waals surface area contributed by atoms with Crippen LogP contribution in [0.25, 0.3) is 11.0 Å². The summed E-state index contributed by atoms with van der Waals surface area (Å²) in [5.41, 5.74) is 2.61. The average Bonchev–Trinajstić information content (AvgIpc) is 2.76. The summed E-state index contributed by atoms with van der Waals surface area (Å²) in [6.45, 7) is 0. The van der Waals surface area contributed by atoms with Crippen molar-refractivity contribution in [2.45, 2.75) is 6.42 Å². The van der Waals surface area contributed by atoms with Crippen molar-refractivity contribution in [3.05, 3.63) is 30.1 Å². The smallest absolute Gasteiger partial charge is 0.317 e. The number of nitrogens with one attached hydrogen (secondary N) is 1. The second-order valence-electron chi connectivity index (χ2n) is 3.19. The molecule has 2 aromatic heterocycles. The third kappa shape index (κ3) is 2.20. The maximum atomic E-state index is 10.8. The number of methoxy groups -OCH3 is 1. The normalized spacial score (nSPS) is 9.56. The van der Waals surface area contributed by atoms with Crippen molar-refractivity contribution in [3.63, 3.8) is 0 Å². The third-order valence-electron chi connectivity index (χ3n) is 2.09. The molecule has 4 heteroatoms. The van der Waals surface area contributed by atoms with Crippen LogP contribution in [0, 0.1) is 11.8 Å². The molecule has 2 rings (SSSR count). The van der Waals surface area contributed by atoms with E-state index >= 15 is 0 Å². The number of nitrogens with zero attached hydrogens (tertiary/aromatic N) is 1. The fourth-order valence-electron chi connectivity index (χ4n) is 1.29. The third-order valence-corrected chi connectivity index (χ3v) is 2.09.